The molecule has 2 rings (SSSR count). The fraction of sp³-hybridized carbons (Fsp3) is 0.600. The van der Waals surface area contributed by atoms with E-state index in [9.17, 15) is 9.90 Å². The van der Waals surface area contributed by atoms with Gasteiger partial charge in [0.05, 0.1) is 32.3 Å². The van der Waals surface area contributed by atoms with Crippen LogP contribution in [0.2, 0.25) is 0 Å². The molecule has 1 aromatic rings. The summed E-state index contributed by atoms with van der Waals surface area (Å²) in [5, 5.41) is 13.7. The van der Waals surface area contributed by atoms with Gasteiger partial charge < -0.3 is 24.8 Å². The highest BCUT2D eigenvalue weighted by molar-refractivity contribution is 5.80. The number of carbonyl (C=O) groups excluding carboxylic acids is 1. The Morgan fingerprint density at radius 2 is 2.11 bits per heavy atom. The first-order valence-corrected chi connectivity index (χ1v) is 9.60. The summed E-state index contributed by atoms with van der Waals surface area (Å²) in [4.78, 5) is 18.6. The largest absolute Gasteiger partial charge is 0.497 e. The summed E-state index contributed by atoms with van der Waals surface area (Å²) in [6.45, 7) is 6.75. The van der Waals surface area contributed by atoms with Gasteiger partial charge in [0.2, 0.25) is 0 Å². The van der Waals surface area contributed by atoms with Crippen LogP contribution >= 0.6 is 0 Å². The SMILES string of the molecule is CCNC(=NCC(O)c1cccc(OC)c1)N1CCC(C(=O)OCC)CC1. The lowest BCUT2D eigenvalue weighted by Gasteiger charge is -2.33. The molecule has 0 aliphatic carbocycles. The number of rotatable bonds is 7. The maximum Gasteiger partial charge on any atom is 0.309 e. The number of nitrogens with zero attached hydrogens (tertiary/aromatic N) is 2. The predicted molar refractivity (Wildman–Crippen MR) is 105 cm³/mol. The first kappa shape index (κ1) is 21.0. The van der Waals surface area contributed by atoms with E-state index in [1.165, 1.54) is 0 Å². The molecular weight excluding hydrogens is 346 g/mol. The standard InChI is InChI=1S/C20H31N3O4/c1-4-21-20(23-11-9-15(10-12-23)19(25)27-5-2)22-14-18(24)16-7-6-8-17(13-16)26-3/h6-8,13,15,18,24H,4-5,9-12,14H2,1-3H3,(H,21,22). The number of ether oxygens (including phenoxy) is 2. The Bertz CT molecular complexity index is 627. The van der Waals surface area contributed by atoms with Crippen molar-refractivity contribution < 1.29 is 19.4 Å². The fourth-order valence-electron chi connectivity index (χ4n) is 3.14. The Kier molecular flexibility index (Phi) is 8.39. The Morgan fingerprint density at radius 1 is 1.37 bits per heavy atom. The molecule has 0 saturated carbocycles. The average Bonchev–Trinajstić information content (AvgIpc) is 2.71. The number of aliphatic imine (C=N–C) groups is 1. The van der Waals surface area contributed by atoms with Gasteiger partial charge in [0.1, 0.15) is 5.75 Å². The smallest absolute Gasteiger partial charge is 0.309 e. The van der Waals surface area contributed by atoms with Crippen molar-refractivity contribution in [3.63, 3.8) is 0 Å². The monoisotopic (exact) mass is 377 g/mol. The molecule has 7 nitrogen and oxygen atoms in total. The van der Waals surface area contributed by atoms with Crippen molar-refractivity contribution in [1.82, 2.24) is 10.2 Å². The molecule has 1 aliphatic rings. The lowest BCUT2D eigenvalue weighted by molar-refractivity contribution is -0.149. The Hall–Kier alpha value is -2.28. The second-order valence-corrected chi connectivity index (χ2v) is 6.50. The molecule has 27 heavy (non-hydrogen) atoms. The van der Waals surface area contributed by atoms with Gasteiger partial charge in [-0.15, -0.1) is 0 Å². The second-order valence-electron chi connectivity index (χ2n) is 6.50. The molecule has 2 N–H and O–H groups in total. The molecule has 150 valence electrons. The summed E-state index contributed by atoms with van der Waals surface area (Å²) in [5.41, 5.74) is 0.773. The Balaban J connectivity index is 1.96. The summed E-state index contributed by atoms with van der Waals surface area (Å²) in [5.74, 6) is 1.34. The number of aliphatic hydroxyl groups excluding tert-OH is 1. The van der Waals surface area contributed by atoms with E-state index in [-0.39, 0.29) is 18.4 Å². The molecular formula is C20H31N3O4. The highest BCUT2D eigenvalue weighted by atomic mass is 16.5. The molecule has 0 radical (unpaired) electrons. The van der Waals surface area contributed by atoms with Crippen molar-refractivity contribution in [1.29, 1.82) is 0 Å². The van der Waals surface area contributed by atoms with Gasteiger partial charge in [-0.1, -0.05) is 12.1 Å². The van der Waals surface area contributed by atoms with Gasteiger partial charge in [0, 0.05) is 19.6 Å². The van der Waals surface area contributed by atoms with Crippen LogP contribution in [-0.4, -0.2) is 61.8 Å². The van der Waals surface area contributed by atoms with Gasteiger partial charge in [-0.25, -0.2) is 0 Å². The van der Waals surface area contributed by atoms with Crippen molar-refractivity contribution in [2.24, 2.45) is 10.9 Å². The summed E-state index contributed by atoms with van der Waals surface area (Å²) >= 11 is 0. The number of methoxy groups -OCH3 is 1. The van der Waals surface area contributed by atoms with Crippen LogP contribution in [0, 0.1) is 5.92 Å². The number of carbonyl (C=O) groups is 1. The van der Waals surface area contributed by atoms with E-state index in [0.717, 1.165) is 44.0 Å². The first-order valence-electron chi connectivity index (χ1n) is 9.60. The minimum absolute atomic E-state index is 0.0357. The molecule has 1 aliphatic heterocycles. The molecule has 0 spiro atoms. The highest BCUT2D eigenvalue weighted by Crippen LogP contribution is 2.21. The molecule has 7 heteroatoms. The number of piperidine rings is 1. The van der Waals surface area contributed by atoms with Crippen LogP contribution in [0.1, 0.15) is 38.4 Å². The zero-order chi connectivity index (χ0) is 19.6. The first-order chi connectivity index (χ1) is 13.1. The van der Waals surface area contributed by atoms with E-state index in [0.29, 0.717) is 12.4 Å². The Labute approximate surface area is 161 Å². The highest BCUT2D eigenvalue weighted by Gasteiger charge is 2.27. The van der Waals surface area contributed by atoms with Crippen molar-refractivity contribution in [2.45, 2.75) is 32.8 Å². The maximum absolute atomic E-state index is 11.9. The Morgan fingerprint density at radius 3 is 2.74 bits per heavy atom. The zero-order valence-electron chi connectivity index (χ0n) is 16.5. The van der Waals surface area contributed by atoms with Crippen LogP contribution in [0.5, 0.6) is 5.75 Å². The van der Waals surface area contributed by atoms with Crippen LogP contribution in [0.3, 0.4) is 0 Å². The minimum Gasteiger partial charge on any atom is -0.497 e. The number of likely N-dealkylation sites (tertiary alicyclic amines) is 1. The number of guanidine groups is 1. The molecule has 0 bridgehead atoms. The molecule has 1 unspecified atom stereocenters. The summed E-state index contributed by atoms with van der Waals surface area (Å²) in [7, 11) is 1.60. The number of nitrogens with one attached hydrogen (secondary N) is 1. The average molecular weight is 377 g/mol. The van der Waals surface area contributed by atoms with E-state index < -0.39 is 6.10 Å². The number of esters is 1. The summed E-state index contributed by atoms with van der Waals surface area (Å²) < 4.78 is 10.3. The topological polar surface area (TPSA) is 83.4 Å². The van der Waals surface area contributed by atoms with Gasteiger partial charge in [-0.3, -0.25) is 9.79 Å². The second kappa shape index (κ2) is 10.8. The van der Waals surface area contributed by atoms with Crippen molar-refractivity contribution in [3.05, 3.63) is 29.8 Å². The minimum atomic E-state index is -0.703. The molecule has 1 heterocycles. The van der Waals surface area contributed by atoms with Gasteiger partial charge in [0.15, 0.2) is 5.96 Å². The lowest BCUT2D eigenvalue weighted by atomic mass is 9.97. The van der Waals surface area contributed by atoms with Crippen molar-refractivity contribution in [3.8, 4) is 5.75 Å². The van der Waals surface area contributed by atoms with Crippen LogP contribution in [-0.2, 0) is 9.53 Å². The predicted octanol–water partition coefficient (Wildman–Crippen LogP) is 1.97. The van der Waals surface area contributed by atoms with E-state index in [1.54, 1.807) is 7.11 Å². The third-order valence-electron chi connectivity index (χ3n) is 4.64. The molecule has 0 amide bonds. The summed E-state index contributed by atoms with van der Waals surface area (Å²) in [6.07, 6.45) is 0.800. The third kappa shape index (κ3) is 6.13. The van der Waals surface area contributed by atoms with Crippen LogP contribution in [0.25, 0.3) is 0 Å². The third-order valence-corrected chi connectivity index (χ3v) is 4.64. The molecule has 0 aromatic heterocycles. The van der Waals surface area contributed by atoms with Gasteiger partial charge in [-0.05, 0) is 44.4 Å². The van der Waals surface area contributed by atoms with Crippen molar-refractivity contribution in [2.75, 3.05) is 39.9 Å². The normalized spacial score (nSPS) is 16.7. The van der Waals surface area contributed by atoms with Gasteiger partial charge in [-0.2, -0.15) is 0 Å². The van der Waals surface area contributed by atoms with E-state index >= 15 is 0 Å². The summed E-state index contributed by atoms with van der Waals surface area (Å²) in [6, 6.07) is 7.38. The quantitative estimate of drug-likeness (QED) is 0.429. The molecule has 1 aromatic carbocycles. The number of benzene rings is 1. The van der Waals surface area contributed by atoms with Gasteiger partial charge in [0.25, 0.3) is 0 Å². The number of aliphatic hydroxyl groups is 1. The molecule has 1 fully saturated rings. The number of hydrogen-bond donors (Lipinski definition) is 2. The number of hydrogen-bond acceptors (Lipinski definition) is 5. The molecule has 1 atom stereocenters. The van der Waals surface area contributed by atoms with Crippen molar-refractivity contribution >= 4 is 11.9 Å². The maximum atomic E-state index is 11.9. The van der Waals surface area contributed by atoms with E-state index in [4.69, 9.17) is 9.47 Å². The molecule has 1 saturated heterocycles. The fourth-order valence-corrected chi connectivity index (χ4v) is 3.14. The van der Waals surface area contributed by atoms with E-state index in [2.05, 4.69) is 15.2 Å². The zero-order valence-corrected chi connectivity index (χ0v) is 16.5. The van der Waals surface area contributed by atoms with E-state index in [1.807, 2.05) is 38.1 Å². The van der Waals surface area contributed by atoms with Crippen LogP contribution < -0.4 is 10.1 Å². The van der Waals surface area contributed by atoms with Gasteiger partial charge >= 0.3 is 5.97 Å². The lowest BCUT2D eigenvalue weighted by Crippen LogP contribution is -2.47. The van der Waals surface area contributed by atoms with Crippen LogP contribution in [0.4, 0.5) is 0 Å². The van der Waals surface area contributed by atoms with Crippen LogP contribution in [0.15, 0.2) is 29.3 Å².